The normalized spacial score (nSPS) is 12.1. The predicted molar refractivity (Wildman–Crippen MR) is 254 cm³/mol. The minimum absolute atomic E-state index is 0.0104. The van der Waals surface area contributed by atoms with Gasteiger partial charge in [0.25, 0.3) is 0 Å². The Morgan fingerprint density at radius 3 is 1.45 bits per heavy atom. The van der Waals surface area contributed by atoms with Gasteiger partial charge in [0.1, 0.15) is 11.8 Å². The van der Waals surface area contributed by atoms with Crippen LogP contribution in [0, 0.1) is 0 Å². The van der Waals surface area contributed by atoms with E-state index in [0.717, 1.165) is 14.7 Å². The number of nitrogens with one attached hydrogen (secondary N) is 4. The Hall–Kier alpha value is -5.77. The van der Waals surface area contributed by atoms with Crippen LogP contribution in [0.25, 0.3) is 32.3 Å². The first kappa shape index (κ1) is 51.9. The fourth-order valence-electron chi connectivity index (χ4n) is 7.28. The average molecular weight is 959 g/mol. The van der Waals surface area contributed by atoms with Crippen LogP contribution in [-0.2, 0) is 51.0 Å². The minimum Gasteiger partial charge on any atom is -0.507 e. The van der Waals surface area contributed by atoms with Crippen molar-refractivity contribution in [2.45, 2.75) is 89.5 Å². The van der Waals surface area contributed by atoms with Crippen molar-refractivity contribution in [2.24, 2.45) is 0 Å². The molecule has 65 heavy (non-hydrogen) atoms. The summed E-state index contributed by atoms with van der Waals surface area (Å²) in [4.78, 5) is 47.7. The standard InChI is InChI=1S/C44H58N6O12S3/c1-27(2)41(52)45-20-10-7-13-23-49(63(57)58)35-25-37(51)32-18-19-33-38(65(61,62)48-34(44(55)56)15-9-12-22-47-43(54)29(5)6)26-36(31-17-16-30(35)39(32)40(31)33)50(64(59)60)24-14-8-11-21-46-42(53)28(3)4/h16-19,25-26,34,48,51,63-64H,1,3,5,7-15,20-24H2,2,4,6H3,(H,45,52)(H,46,53)(H,47,54)(H,55,56). The summed E-state index contributed by atoms with van der Waals surface area (Å²) in [6.45, 7) is 16.2. The molecule has 6 N–H and O–H groups in total. The van der Waals surface area contributed by atoms with Crippen LogP contribution in [0.5, 0.6) is 5.75 Å². The molecular formula is C44H58N6O12S3. The molecule has 0 bridgehead atoms. The van der Waals surface area contributed by atoms with Crippen molar-refractivity contribution in [3.05, 3.63) is 72.9 Å². The third kappa shape index (κ3) is 13.4. The summed E-state index contributed by atoms with van der Waals surface area (Å²) in [5.74, 6) is -2.80. The monoisotopic (exact) mass is 958 g/mol. The van der Waals surface area contributed by atoms with Gasteiger partial charge in [0.2, 0.25) is 49.5 Å². The van der Waals surface area contributed by atoms with Crippen molar-refractivity contribution in [2.75, 3.05) is 41.3 Å². The Morgan fingerprint density at radius 2 is 1.02 bits per heavy atom. The van der Waals surface area contributed by atoms with Crippen molar-refractivity contribution < 1.29 is 54.6 Å². The van der Waals surface area contributed by atoms with E-state index in [-0.39, 0.29) is 99.8 Å². The lowest BCUT2D eigenvalue weighted by Crippen LogP contribution is -2.41. The van der Waals surface area contributed by atoms with E-state index in [9.17, 15) is 54.6 Å². The van der Waals surface area contributed by atoms with Gasteiger partial charge < -0.3 is 26.2 Å². The molecule has 0 heterocycles. The van der Waals surface area contributed by atoms with Crippen molar-refractivity contribution >= 4 is 99.2 Å². The molecule has 0 fully saturated rings. The summed E-state index contributed by atoms with van der Waals surface area (Å²) in [6, 6.07) is 6.83. The third-order valence-corrected chi connectivity index (χ3v) is 13.8. The molecule has 21 heteroatoms. The summed E-state index contributed by atoms with van der Waals surface area (Å²) in [7, 11) is -11.5. The number of rotatable bonds is 28. The quantitative estimate of drug-likeness (QED) is 0.0172. The second-order valence-corrected chi connectivity index (χ2v) is 19.4. The van der Waals surface area contributed by atoms with Gasteiger partial charge in [-0.1, -0.05) is 37.9 Å². The highest BCUT2D eigenvalue weighted by molar-refractivity contribution is 7.89. The highest BCUT2D eigenvalue weighted by atomic mass is 32.2. The molecule has 0 saturated heterocycles. The lowest BCUT2D eigenvalue weighted by molar-refractivity contribution is -0.139. The molecule has 354 valence electrons. The topological polar surface area (TPSA) is 266 Å². The molecule has 4 aromatic carbocycles. The van der Waals surface area contributed by atoms with Crippen LogP contribution in [0.1, 0.15) is 78.6 Å². The van der Waals surface area contributed by atoms with Crippen LogP contribution in [0.2, 0.25) is 0 Å². The lowest BCUT2D eigenvalue weighted by Gasteiger charge is -2.26. The van der Waals surface area contributed by atoms with Gasteiger partial charge in [-0.2, -0.15) is 4.72 Å². The SMILES string of the molecule is C=C(C)C(=O)NCCCCCN(c1cc(O)c2ccc3c(S(=O)(=O)NC(CCCCNC(=O)C(=C)C)C(=O)O)cc(N(CCCCCNC(=O)C(=C)C)[SH](=O)=O)c4ccc1c2c43)[SH](=O)=O. The summed E-state index contributed by atoms with van der Waals surface area (Å²) < 4.78 is 85.4. The Bertz CT molecular complexity index is 2730. The van der Waals surface area contributed by atoms with E-state index >= 15 is 0 Å². The van der Waals surface area contributed by atoms with E-state index < -0.39 is 48.7 Å². The van der Waals surface area contributed by atoms with Gasteiger partial charge in [0.15, 0.2) is 0 Å². The van der Waals surface area contributed by atoms with Gasteiger partial charge in [-0.15, -0.1) is 0 Å². The first-order valence-corrected chi connectivity index (χ1v) is 24.8. The number of phenols is 1. The van der Waals surface area contributed by atoms with Gasteiger partial charge in [0.05, 0.1) is 16.3 Å². The van der Waals surface area contributed by atoms with Gasteiger partial charge in [-0.05, 0) is 90.7 Å². The number of carboxylic acid groups (broad SMARTS) is 1. The fraction of sp³-hybridized carbons (Fsp3) is 0.409. The summed E-state index contributed by atoms with van der Waals surface area (Å²) in [5.41, 5.74) is 1.00. The number of carbonyl (C=O) groups is 4. The van der Waals surface area contributed by atoms with E-state index in [1.165, 1.54) is 25.1 Å². The number of aromatic hydroxyl groups is 1. The van der Waals surface area contributed by atoms with Crippen LogP contribution >= 0.6 is 0 Å². The summed E-state index contributed by atoms with van der Waals surface area (Å²) in [5, 5.41) is 30.9. The van der Waals surface area contributed by atoms with Crippen LogP contribution < -0.4 is 29.3 Å². The third-order valence-electron chi connectivity index (χ3n) is 10.7. The smallest absolute Gasteiger partial charge is 0.321 e. The van der Waals surface area contributed by atoms with Crippen LogP contribution in [0.3, 0.4) is 0 Å². The van der Waals surface area contributed by atoms with Crippen LogP contribution in [0.15, 0.2) is 77.7 Å². The Labute approximate surface area is 382 Å². The van der Waals surface area contributed by atoms with Gasteiger partial charge in [-0.25, -0.2) is 25.3 Å². The molecule has 0 aliphatic carbocycles. The molecule has 1 unspecified atom stereocenters. The van der Waals surface area contributed by atoms with Gasteiger partial charge in [0, 0.05) is 87.8 Å². The number of carbonyl (C=O) groups excluding carboxylic acids is 3. The van der Waals surface area contributed by atoms with Gasteiger partial charge >= 0.3 is 5.97 Å². The molecule has 3 amide bonds. The molecule has 0 saturated carbocycles. The van der Waals surface area contributed by atoms with Gasteiger partial charge in [-0.3, -0.25) is 27.8 Å². The molecule has 0 aliphatic heterocycles. The molecule has 0 aromatic heterocycles. The fourth-order valence-corrected chi connectivity index (χ4v) is 10.0. The maximum absolute atomic E-state index is 14.5. The molecule has 18 nitrogen and oxygen atoms in total. The first-order chi connectivity index (χ1) is 30.7. The average Bonchev–Trinajstić information content (AvgIpc) is 3.24. The van der Waals surface area contributed by atoms with Crippen molar-refractivity contribution in [3.63, 3.8) is 0 Å². The first-order valence-electron chi connectivity index (χ1n) is 21.0. The molecule has 4 rings (SSSR count). The number of carboxylic acids is 1. The Kier molecular flexibility index (Phi) is 18.7. The molecule has 0 spiro atoms. The number of hydrogen-bond donors (Lipinski definition) is 8. The number of hydrogen-bond acceptors (Lipinski definition) is 11. The molecular weight excluding hydrogens is 901 g/mol. The van der Waals surface area contributed by atoms with E-state index in [4.69, 9.17) is 0 Å². The Balaban J connectivity index is 1.83. The van der Waals surface area contributed by atoms with E-state index in [1.54, 1.807) is 26.0 Å². The summed E-state index contributed by atoms with van der Waals surface area (Å²) >= 11 is 0. The zero-order chi connectivity index (χ0) is 48.2. The zero-order valence-corrected chi connectivity index (χ0v) is 39.3. The van der Waals surface area contributed by atoms with Crippen LogP contribution in [-0.4, -0.2) is 97.9 Å². The minimum atomic E-state index is -4.79. The predicted octanol–water partition coefficient (Wildman–Crippen LogP) is 4.27. The highest BCUT2D eigenvalue weighted by Crippen LogP contribution is 2.47. The molecule has 0 radical (unpaired) electrons. The number of amides is 3. The van der Waals surface area contributed by atoms with E-state index in [2.05, 4.69) is 40.4 Å². The largest absolute Gasteiger partial charge is 0.507 e. The Morgan fingerprint density at radius 1 is 0.615 bits per heavy atom. The van der Waals surface area contributed by atoms with E-state index in [1.807, 2.05) is 0 Å². The number of anilines is 2. The molecule has 0 aliphatic rings. The van der Waals surface area contributed by atoms with Crippen molar-refractivity contribution in [3.8, 4) is 5.75 Å². The van der Waals surface area contributed by atoms with Crippen molar-refractivity contribution in [1.82, 2.24) is 20.7 Å². The number of phenolic OH excluding ortho intramolecular Hbond substituents is 1. The number of thiol groups is 2. The van der Waals surface area contributed by atoms with E-state index in [0.29, 0.717) is 74.6 Å². The second-order valence-electron chi connectivity index (χ2n) is 15.8. The zero-order valence-electron chi connectivity index (χ0n) is 36.7. The van der Waals surface area contributed by atoms with Crippen molar-refractivity contribution in [1.29, 1.82) is 0 Å². The number of benzene rings is 4. The summed E-state index contributed by atoms with van der Waals surface area (Å²) in [6.07, 6.45) is 3.05. The second kappa shape index (κ2) is 23.4. The molecule has 1 atom stereocenters. The lowest BCUT2D eigenvalue weighted by atomic mass is 9.92. The number of aliphatic carboxylic acids is 1. The maximum Gasteiger partial charge on any atom is 0.321 e. The van der Waals surface area contributed by atoms with Crippen LogP contribution in [0.4, 0.5) is 11.4 Å². The number of unbranched alkanes of at least 4 members (excludes halogenated alkanes) is 5. The maximum atomic E-state index is 14.5. The number of sulfonamides is 1. The molecule has 4 aromatic rings. The number of nitrogens with zero attached hydrogens (tertiary/aromatic N) is 2. The highest BCUT2D eigenvalue weighted by Gasteiger charge is 2.31.